The number of rotatable bonds is 1. The summed E-state index contributed by atoms with van der Waals surface area (Å²) in [5.41, 5.74) is 1.74. The Morgan fingerprint density at radius 3 is 3.00 bits per heavy atom. The fourth-order valence-corrected chi connectivity index (χ4v) is 2.76. The van der Waals surface area contributed by atoms with Crippen LogP contribution in [0.3, 0.4) is 0 Å². The van der Waals surface area contributed by atoms with Crippen LogP contribution >= 0.6 is 11.3 Å². The summed E-state index contributed by atoms with van der Waals surface area (Å²) >= 11 is 1.69. The summed E-state index contributed by atoms with van der Waals surface area (Å²) < 4.78 is 1.05. The molecule has 3 heteroatoms. The molecule has 1 aliphatic carbocycles. The summed E-state index contributed by atoms with van der Waals surface area (Å²) in [5, 5.41) is 10.1. The van der Waals surface area contributed by atoms with E-state index >= 15 is 0 Å². The summed E-state index contributed by atoms with van der Waals surface area (Å²) in [6, 6.07) is 7.96. The Kier molecular flexibility index (Phi) is 1.59. The number of nitriles is 1. The highest BCUT2D eigenvalue weighted by Gasteiger charge is 2.27. The molecule has 0 spiro atoms. The van der Waals surface area contributed by atoms with Crippen molar-refractivity contribution in [3.63, 3.8) is 0 Å². The molecule has 0 aliphatic heterocycles. The minimum atomic E-state index is 0.680. The van der Waals surface area contributed by atoms with Crippen molar-refractivity contribution in [2.75, 3.05) is 0 Å². The van der Waals surface area contributed by atoms with E-state index < -0.39 is 0 Å². The van der Waals surface area contributed by atoms with Crippen molar-refractivity contribution in [2.24, 2.45) is 0 Å². The number of hydrogen-bond donors (Lipinski definition) is 0. The van der Waals surface area contributed by atoms with Crippen LogP contribution in [0.25, 0.3) is 10.2 Å². The molecule has 0 atom stereocenters. The molecule has 0 saturated heterocycles. The van der Waals surface area contributed by atoms with E-state index in [2.05, 4.69) is 11.1 Å². The Hall–Kier alpha value is -1.40. The molecular formula is C11H8N2S. The highest BCUT2D eigenvalue weighted by molar-refractivity contribution is 7.18. The second kappa shape index (κ2) is 2.79. The second-order valence-electron chi connectivity index (χ2n) is 3.59. The highest BCUT2D eigenvalue weighted by Crippen LogP contribution is 2.43. The van der Waals surface area contributed by atoms with Crippen molar-refractivity contribution in [2.45, 2.75) is 18.8 Å². The number of fused-ring (bicyclic) bond motifs is 1. The zero-order valence-electron chi connectivity index (χ0n) is 7.53. The summed E-state index contributed by atoms with van der Waals surface area (Å²) in [6.07, 6.45) is 2.53. The quantitative estimate of drug-likeness (QED) is 0.709. The molecule has 1 heterocycles. The predicted octanol–water partition coefficient (Wildman–Crippen LogP) is 3.05. The molecule has 1 aliphatic rings. The molecule has 0 bridgehead atoms. The Bertz CT molecular complexity index is 532. The monoisotopic (exact) mass is 200 g/mol. The molecule has 0 N–H and O–H groups in total. The molecule has 0 amide bonds. The van der Waals surface area contributed by atoms with Gasteiger partial charge in [0.15, 0.2) is 0 Å². The molecule has 1 aromatic heterocycles. The van der Waals surface area contributed by atoms with E-state index in [1.165, 1.54) is 17.8 Å². The number of nitrogens with zero attached hydrogens (tertiary/aromatic N) is 2. The highest BCUT2D eigenvalue weighted by atomic mass is 32.1. The fraction of sp³-hybridized carbons (Fsp3) is 0.273. The molecule has 1 aromatic carbocycles. The van der Waals surface area contributed by atoms with Gasteiger partial charge in [-0.3, -0.25) is 0 Å². The molecule has 2 aromatic rings. The summed E-state index contributed by atoms with van der Waals surface area (Å²) in [6.45, 7) is 0. The standard InChI is InChI=1S/C11H8N2S/c12-6-8-2-1-3-9-10(8)14-11(13-9)7-4-5-7/h1-3,7H,4-5H2. The van der Waals surface area contributed by atoms with Gasteiger partial charge < -0.3 is 0 Å². The van der Waals surface area contributed by atoms with Gasteiger partial charge in [0.05, 0.1) is 20.8 Å². The maximum atomic E-state index is 8.93. The van der Waals surface area contributed by atoms with E-state index in [0.29, 0.717) is 5.92 Å². The molecule has 14 heavy (non-hydrogen) atoms. The number of thiazole rings is 1. The number of benzene rings is 1. The summed E-state index contributed by atoms with van der Waals surface area (Å²) in [5.74, 6) is 0.680. The van der Waals surface area contributed by atoms with Gasteiger partial charge in [0.25, 0.3) is 0 Å². The van der Waals surface area contributed by atoms with Crippen molar-refractivity contribution in [1.29, 1.82) is 5.26 Å². The average Bonchev–Trinajstić information content (AvgIpc) is 2.97. The van der Waals surface area contributed by atoms with Crippen LogP contribution in [0.1, 0.15) is 29.3 Å². The van der Waals surface area contributed by atoms with Gasteiger partial charge in [-0.1, -0.05) is 6.07 Å². The molecule has 2 nitrogen and oxygen atoms in total. The van der Waals surface area contributed by atoms with Crippen molar-refractivity contribution >= 4 is 21.6 Å². The Labute approximate surface area is 85.8 Å². The van der Waals surface area contributed by atoms with E-state index in [1.807, 2.05) is 18.2 Å². The molecule has 1 fully saturated rings. The predicted molar refractivity (Wildman–Crippen MR) is 56.3 cm³/mol. The van der Waals surface area contributed by atoms with E-state index in [9.17, 15) is 0 Å². The summed E-state index contributed by atoms with van der Waals surface area (Å²) in [7, 11) is 0. The van der Waals surface area contributed by atoms with Gasteiger partial charge >= 0.3 is 0 Å². The van der Waals surface area contributed by atoms with Gasteiger partial charge in [0.2, 0.25) is 0 Å². The Balaban J connectivity index is 2.27. The molecular weight excluding hydrogens is 192 g/mol. The topological polar surface area (TPSA) is 36.7 Å². The molecule has 0 unspecified atom stereocenters. The Morgan fingerprint density at radius 1 is 1.43 bits per heavy atom. The lowest BCUT2D eigenvalue weighted by atomic mass is 10.2. The van der Waals surface area contributed by atoms with Crippen LogP contribution in [0.2, 0.25) is 0 Å². The van der Waals surface area contributed by atoms with Crippen molar-refractivity contribution < 1.29 is 0 Å². The van der Waals surface area contributed by atoms with Crippen LogP contribution in [-0.2, 0) is 0 Å². The first-order valence-electron chi connectivity index (χ1n) is 4.68. The third kappa shape index (κ3) is 1.11. The smallest absolute Gasteiger partial charge is 0.101 e. The minimum absolute atomic E-state index is 0.680. The number of hydrogen-bond acceptors (Lipinski definition) is 3. The van der Waals surface area contributed by atoms with E-state index in [1.54, 1.807) is 11.3 Å². The van der Waals surface area contributed by atoms with Crippen LogP contribution in [0.15, 0.2) is 18.2 Å². The fourth-order valence-electron chi connectivity index (χ4n) is 1.56. The normalized spacial score (nSPS) is 15.6. The lowest BCUT2D eigenvalue weighted by Crippen LogP contribution is -1.74. The molecule has 3 rings (SSSR count). The molecule has 68 valence electrons. The van der Waals surface area contributed by atoms with Crippen LogP contribution in [0.5, 0.6) is 0 Å². The zero-order valence-corrected chi connectivity index (χ0v) is 8.34. The average molecular weight is 200 g/mol. The van der Waals surface area contributed by atoms with Crippen LogP contribution in [0.4, 0.5) is 0 Å². The number of aromatic nitrogens is 1. The third-order valence-corrected chi connectivity index (χ3v) is 3.75. The Morgan fingerprint density at radius 2 is 2.29 bits per heavy atom. The third-order valence-electron chi connectivity index (χ3n) is 2.48. The van der Waals surface area contributed by atoms with Crippen molar-refractivity contribution in [1.82, 2.24) is 4.98 Å². The van der Waals surface area contributed by atoms with Gasteiger partial charge in [-0.05, 0) is 25.0 Å². The van der Waals surface area contributed by atoms with E-state index in [0.717, 1.165) is 15.8 Å². The first kappa shape index (κ1) is 7.95. The van der Waals surface area contributed by atoms with Gasteiger partial charge in [-0.15, -0.1) is 11.3 Å². The lowest BCUT2D eigenvalue weighted by molar-refractivity contribution is 1.10. The van der Waals surface area contributed by atoms with Crippen molar-refractivity contribution in [3.8, 4) is 6.07 Å². The SMILES string of the molecule is N#Cc1cccc2nc(C3CC3)sc12. The van der Waals surface area contributed by atoms with E-state index in [-0.39, 0.29) is 0 Å². The lowest BCUT2D eigenvalue weighted by Gasteiger charge is -1.87. The van der Waals surface area contributed by atoms with Gasteiger partial charge in [-0.25, -0.2) is 4.98 Å². The van der Waals surface area contributed by atoms with Crippen LogP contribution < -0.4 is 0 Å². The van der Waals surface area contributed by atoms with E-state index in [4.69, 9.17) is 5.26 Å². The second-order valence-corrected chi connectivity index (χ2v) is 4.62. The van der Waals surface area contributed by atoms with Gasteiger partial charge in [-0.2, -0.15) is 5.26 Å². The van der Waals surface area contributed by atoms with Crippen LogP contribution in [0, 0.1) is 11.3 Å². The van der Waals surface area contributed by atoms with Gasteiger partial charge in [0.1, 0.15) is 6.07 Å². The minimum Gasteiger partial charge on any atom is -0.241 e. The van der Waals surface area contributed by atoms with Crippen LogP contribution in [-0.4, -0.2) is 4.98 Å². The molecule has 0 radical (unpaired) electrons. The molecule has 1 saturated carbocycles. The zero-order chi connectivity index (χ0) is 9.54. The first-order valence-corrected chi connectivity index (χ1v) is 5.49. The summed E-state index contributed by atoms with van der Waals surface area (Å²) in [4.78, 5) is 4.55. The maximum Gasteiger partial charge on any atom is 0.101 e. The maximum absolute atomic E-state index is 8.93. The van der Waals surface area contributed by atoms with Gasteiger partial charge in [0, 0.05) is 5.92 Å². The van der Waals surface area contributed by atoms with Crippen molar-refractivity contribution in [3.05, 3.63) is 28.8 Å². The largest absolute Gasteiger partial charge is 0.241 e. The first-order chi connectivity index (χ1) is 6.88.